The minimum atomic E-state index is -0.834. The highest BCUT2D eigenvalue weighted by atomic mass is 16.3. The summed E-state index contributed by atoms with van der Waals surface area (Å²) in [5.41, 5.74) is 0.256. The van der Waals surface area contributed by atoms with Crippen LogP contribution in [0.15, 0.2) is 60.4 Å². The zero-order chi connectivity index (χ0) is 13.8. The van der Waals surface area contributed by atoms with Gasteiger partial charge < -0.3 is 15.3 Å². The van der Waals surface area contributed by atoms with E-state index in [9.17, 15) is 20.1 Å². The quantitative estimate of drug-likeness (QED) is 0.448. The van der Waals surface area contributed by atoms with Crippen molar-refractivity contribution in [2.45, 2.75) is 0 Å². The van der Waals surface area contributed by atoms with Gasteiger partial charge in [-0.25, -0.2) is 0 Å². The summed E-state index contributed by atoms with van der Waals surface area (Å²) in [5.74, 6) is -2.40. The highest BCUT2D eigenvalue weighted by Gasteiger charge is 2.19. The molecule has 96 valence electrons. The fraction of sp³-hybridized carbons (Fsp3) is 0. The Kier molecular flexibility index (Phi) is 3.52. The number of phenols is 1. The molecule has 0 heterocycles. The van der Waals surface area contributed by atoms with Crippen molar-refractivity contribution < 1.29 is 20.1 Å². The first-order valence-corrected chi connectivity index (χ1v) is 5.61. The molecular weight excluding hydrogens is 244 g/mol. The molecule has 4 nitrogen and oxygen atoms in total. The minimum absolute atomic E-state index is 0.0671. The lowest BCUT2D eigenvalue weighted by Gasteiger charge is -2.06. The topological polar surface area (TPSA) is 77.8 Å². The van der Waals surface area contributed by atoms with Crippen LogP contribution in [-0.4, -0.2) is 21.1 Å². The van der Waals surface area contributed by atoms with Gasteiger partial charge in [0.15, 0.2) is 5.76 Å². The third-order valence-electron chi connectivity index (χ3n) is 2.64. The summed E-state index contributed by atoms with van der Waals surface area (Å²) in [6.07, 6.45) is 0. The lowest BCUT2D eigenvalue weighted by atomic mass is 10.1. The van der Waals surface area contributed by atoms with E-state index >= 15 is 0 Å². The number of carbonyl (C=O) groups is 1. The number of allylic oxidation sites excluding steroid dienone is 1. The number of aliphatic hydroxyl groups is 2. The molecule has 4 heteroatoms. The van der Waals surface area contributed by atoms with E-state index in [0.717, 1.165) is 0 Å². The maximum atomic E-state index is 12.0. The van der Waals surface area contributed by atoms with Crippen LogP contribution in [-0.2, 0) is 0 Å². The molecule has 0 aliphatic carbocycles. The summed E-state index contributed by atoms with van der Waals surface area (Å²) in [6.45, 7) is 0. The van der Waals surface area contributed by atoms with Crippen LogP contribution in [0, 0.1) is 0 Å². The average Bonchev–Trinajstić information content (AvgIpc) is 2.46. The molecule has 0 aliphatic heterocycles. The van der Waals surface area contributed by atoms with Gasteiger partial charge in [-0.3, -0.25) is 4.79 Å². The van der Waals surface area contributed by atoms with Gasteiger partial charge in [0.25, 0.3) is 0 Å². The molecule has 2 aromatic rings. The highest BCUT2D eigenvalue weighted by molar-refractivity contribution is 6.12. The van der Waals surface area contributed by atoms with Crippen LogP contribution in [0.25, 0.3) is 5.76 Å². The largest absolute Gasteiger partial charge is 0.507 e. The molecular formula is C15H12O4. The fourth-order valence-electron chi connectivity index (χ4n) is 1.63. The van der Waals surface area contributed by atoms with E-state index in [1.807, 2.05) is 0 Å². The molecule has 0 saturated carbocycles. The molecule has 0 radical (unpaired) electrons. The number of aromatic hydroxyl groups is 1. The van der Waals surface area contributed by atoms with E-state index < -0.39 is 17.3 Å². The van der Waals surface area contributed by atoms with Crippen molar-refractivity contribution in [2.75, 3.05) is 0 Å². The van der Waals surface area contributed by atoms with E-state index in [4.69, 9.17) is 0 Å². The van der Waals surface area contributed by atoms with Gasteiger partial charge >= 0.3 is 0 Å². The van der Waals surface area contributed by atoms with Crippen molar-refractivity contribution in [2.24, 2.45) is 0 Å². The lowest BCUT2D eigenvalue weighted by Crippen LogP contribution is -2.06. The third-order valence-corrected chi connectivity index (χ3v) is 2.64. The lowest BCUT2D eigenvalue weighted by molar-refractivity contribution is 0.0972. The van der Waals surface area contributed by atoms with Crippen molar-refractivity contribution >= 4 is 11.5 Å². The fourth-order valence-corrected chi connectivity index (χ4v) is 1.63. The molecule has 0 aliphatic rings. The molecule has 2 rings (SSSR count). The molecule has 0 amide bonds. The highest BCUT2D eigenvalue weighted by Crippen LogP contribution is 2.22. The molecule has 0 spiro atoms. The molecule has 2 aromatic carbocycles. The molecule has 0 saturated heterocycles. The number of ketones is 1. The number of Topliss-reactive ketones (excluding diaryl/α,β-unsaturated/α-hetero) is 1. The first-order valence-electron chi connectivity index (χ1n) is 5.61. The van der Waals surface area contributed by atoms with Gasteiger partial charge in [0.1, 0.15) is 5.75 Å². The third kappa shape index (κ3) is 2.57. The number of rotatable bonds is 3. The monoisotopic (exact) mass is 256 g/mol. The van der Waals surface area contributed by atoms with Crippen molar-refractivity contribution in [1.29, 1.82) is 0 Å². The summed E-state index contributed by atoms with van der Waals surface area (Å²) in [6, 6.07) is 14.0. The van der Waals surface area contributed by atoms with E-state index in [2.05, 4.69) is 0 Å². The normalized spacial score (nSPS) is 11.8. The first-order chi connectivity index (χ1) is 9.11. The van der Waals surface area contributed by atoms with Gasteiger partial charge in [-0.05, 0) is 12.1 Å². The summed E-state index contributed by atoms with van der Waals surface area (Å²) >= 11 is 0. The Morgan fingerprint density at radius 2 is 1.42 bits per heavy atom. The van der Waals surface area contributed by atoms with E-state index in [-0.39, 0.29) is 11.3 Å². The maximum absolute atomic E-state index is 12.0. The summed E-state index contributed by atoms with van der Waals surface area (Å²) < 4.78 is 0. The SMILES string of the molecule is O=C(C(O)=C(O)c1ccccc1)c1ccccc1O. The zero-order valence-corrected chi connectivity index (χ0v) is 9.95. The van der Waals surface area contributed by atoms with Crippen LogP contribution in [0.2, 0.25) is 0 Å². The standard InChI is InChI=1S/C15H12O4/c16-12-9-5-4-8-11(12)14(18)15(19)13(17)10-6-2-1-3-7-10/h1-9,16-17,19H. The van der Waals surface area contributed by atoms with Crippen LogP contribution in [0.4, 0.5) is 0 Å². The van der Waals surface area contributed by atoms with Crippen molar-refractivity contribution in [1.82, 2.24) is 0 Å². The Hall–Kier alpha value is -2.75. The second kappa shape index (κ2) is 5.27. The Balaban J connectivity index is 2.42. The molecule has 0 atom stereocenters. The number of hydrogen-bond acceptors (Lipinski definition) is 4. The predicted octanol–water partition coefficient (Wildman–Crippen LogP) is 3.06. The summed E-state index contributed by atoms with van der Waals surface area (Å²) in [4.78, 5) is 12.0. The Morgan fingerprint density at radius 1 is 0.842 bits per heavy atom. The van der Waals surface area contributed by atoms with Crippen LogP contribution in [0.3, 0.4) is 0 Å². The molecule has 3 N–H and O–H groups in total. The Labute approximate surface area is 109 Å². The van der Waals surface area contributed by atoms with E-state index in [1.165, 1.54) is 12.1 Å². The second-order valence-electron chi connectivity index (χ2n) is 3.91. The van der Waals surface area contributed by atoms with Crippen molar-refractivity contribution in [3.8, 4) is 5.75 Å². The average molecular weight is 256 g/mol. The Bertz CT molecular complexity index is 630. The molecule has 0 unspecified atom stereocenters. The zero-order valence-electron chi connectivity index (χ0n) is 9.95. The van der Waals surface area contributed by atoms with E-state index in [1.54, 1.807) is 42.5 Å². The van der Waals surface area contributed by atoms with Crippen LogP contribution in [0.5, 0.6) is 5.75 Å². The van der Waals surface area contributed by atoms with Gasteiger partial charge in [-0.15, -0.1) is 0 Å². The number of para-hydroxylation sites is 1. The molecule has 0 bridgehead atoms. The van der Waals surface area contributed by atoms with Gasteiger partial charge in [0, 0.05) is 5.56 Å². The van der Waals surface area contributed by atoms with Crippen LogP contribution >= 0.6 is 0 Å². The van der Waals surface area contributed by atoms with E-state index in [0.29, 0.717) is 5.56 Å². The van der Waals surface area contributed by atoms with Crippen molar-refractivity contribution in [3.05, 3.63) is 71.5 Å². The first kappa shape index (κ1) is 12.7. The molecule has 19 heavy (non-hydrogen) atoms. The smallest absolute Gasteiger partial charge is 0.234 e. The predicted molar refractivity (Wildman–Crippen MR) is 71.1 cm³/mol. The number of benzene rings is 2. The van der Waals surface area contributed by atoms with Gasteiger partial charge in [-0.1, -0.05) is 42.5 Å². The number of aliphatic hydroxyl groups excluding tert-OH is 2. The molecule has 0 aromatic heterocycles. The number of carbonyl (C=O) groups excluding carboxylic acids is 1. The second-order valence-corrected chi connectivity index (χ2v) is 3.91. The summed E-state index contributed by atoms with van der Waals surface area (Å²) in [7, 11) is 0. The Morgan fingerprint density at radius 3 is 2.05 bits per heavy atom. The van der Waals surface area contributed by atoms with Gasteiger partial charge in [0.05, 0.1) is 5.56 Å². The van der Waals surface area contributed by atoms with Crippen LogP contribution in [0.1, 0.15) is 15.9 Å². The maximum Gasteiger partial charge on any atom is 0.234 e. The van der Waals surface area contributed by atoms with Gasteiger partial charge in [-0.2, -0.15) is 0 Å². The van der Waals surface area contributed by atoms with Gasteiger partial charge in [0.2, 0.25) is 11.5 Å². The van der Waals surface area contributed by atoms with Crippen molar-refractivity contribution in [3.63, 3.8) is 0 Å². The number of phenolic OH excluding ortho intramolecular Hbond substituents is 1. The molecule has 0 fully saturated rings. The minimum Gasteiger partial charge on any atom is -0.507 e. The van der Waals surface area contributed by atoms with Crippen LogP contribution < -0.4 is 0 Å². The number of hydrogen-bond donors (Lipinski definition) is 3. The summed E-state index contributed by atoms with van der Waals surface area (Å²) in [5, 5.41) is 29.2.